The van der Waals surface area contributed by atoms with Gasteiger partial charge in [0.2, 0.25) is 0 Å². The lowest BCUT2D eigenvalue weighted by Gasteiger charge is -1.93. The number of benzene rings is 1. The van der Waals surface area contributed by atoms with Crippen molar-refractivity contribution in [1.29, 1.82) is 5.41 Å². The Morgan fingerprint density at radius 3 is 3.00 bits per heavy atom. The number of nitrogen functional groups attached to an aromatic ring is 1. The number of nitrogens with two attached hydrogens (primary N) is 2. The quantitative estimate of drug-likeness (QED) is 0.251. The summed E-state index contributed by atoms with van der Waals surface area (Å²) in [6.45, 7) is 0. The van der Waals surface area contributed by atoms with Gasteiger partial charge in [0.1, 0.15) is 6.21 Å². The predicted octanol–water partition coefficient (Wildman–Crippen LogP) is 0.0991. The van der Waals surface area contributed by atoms with Crippen molar-refractivity contribution in [2.24, 2.45) is 5.10 Å². The Morgan fingerprint density at radius 2 is 2.33 bits per heavy atom. The van der Waals surface area contributed by atoms with Gasteiger partial charge in [0, 0.05) is 24.0 Å². The van der Waals surface area contributed by atoms with Gasteiger partial charge in [-0.3, -0.25) is 0 Å². The minimum atomic E-state index is 0.716. The monoisotopic (exact) mass is 163 g/mol. The molecule has 0 radical (unpaired) electrons. The minimum absolute atomic E-state index is 0.716. The Labute approximate surface area is 70.6 Å². The van der Waals surface area contributed by atoms with E-state index in [9.17, 15) is 0 Å². The molecule has 4 heteroatoms. The van der Waals surface area contributed by atoms with Crippen molar-refractivity contribution in [3.05, 3.63) is 24.3 Å². The lowest BCUT2D eigenvalue weighted by molar-refractivity contribution is -0.576. The fraction of sp³-hybridized carbons (Fsp3) is 0. The number of nitrogens with one attached hydrogen (secondary N) is 1. The first-order valence-electron chi connectivity index (χ1n) is 3.54. The molecule has 0 spiro atoms. The molecule has 0 aliphatic heterocycles. The molecule has 4 nitrogen and oxygen atoms in total. The average Bonchev–Trinajstić information content (AvgIpc) is 2.05. The van der Waals surface area contributed by atoms with Crippen LogP contribution in [0.15, 0.2) is 29.4 Å². The molecule has 12 heavy (non-hydrogen) atoms. The smallest absolute Gasteiger partial charge is 0.157 e. The van der Waals surface area contributed by atoms with E-state index in [0.29, 0.717) is 5.69 Å². The molecule has 1 rings (SSSR count). The summed E-state index contributed by atoms with van der Waals surface area (Å²) >= 11 is 0. The Hall–Kier alpha value is -1.68. The van der Waals surface area contributed by atoms with Crippen molar-refractivity contribution in [2.75, 3.05) is 5.73 Å². The van der Waals surface area contributed by atoms with Crippen molar-refractivity contribution in [2.45, 2.75) is 0 Å². The highest BCUT2D eigenvalue weighted by molar-refractivity contribution is 6.14. The molecule has 0 amide bonds. The van der Waals surface area contributed by atoms with Gasteiger partial charge in [0.25, 0.3) is 0 Å². The maximum absolute atomic E-state index is 6.69. The Balaban J connectivity index is 2.63. The Kier molecular flexibility index (Phi) is 2.98. The highest BCUT2D eigenvalue weighted by Gasteiger charge is 1.93. The summed E-state index contributed by atoms with van der Waals surface area (Å²) in [6.07, 6.45) is 2.53. The van der Waals surface area contributed by atoms with Gasteiger partial charge in [-0.1, -0.05) is 11.2 Å². The second-order valence-electron chi connectivity index (χ2n) is 2.26. The molecule has 5 N–H and O–H groups in total. The average molecular weight is 163 g/mol. The van der Waals surface area contributed by atoms with E-state index >= 15 is 0 Å². The molecular weight excluding hydrogens is 152 g/mol. The van der Waals surface area contributed by atoms with E-state index in [2.05, 4.69) is 5.10 Å². The van der Waals surface area contributed by atoms with Crippen LogP contribution in [0.5, 0.6) is 0 Å². The second-order valence-corrected chi connectivity index (χ2v) is 2.26. The summed E-state index contributed by atoms with van der Waals surface area (Å²) in [6, 6.07) is 7.40. The summed E-state index contributed by atoms with van der Waals surface area (Å²) in [5, 5.41) is 10.5. The zero-order valence-corrected chi connectivity index (χ0v) is 6.57. The molecule has 0 bridgehead atoms. The zero-order chi connectivity index (χ0) is 8.81. The summed E-state index contributed by atoms with van der Waals surface area (Å²) in [7, 11) is 0. The van der Waals surface area contributed by atoms with E-state index < -0.39 is 0 Å². The first kappa shape index (κ1) is 8.42. The van der Waals surface area contributed by atoms with Gasteiger partial charge in [-0.05, 0) is 6.07 Å². The van der Waals surface area contributed by atoms with Crippen molar-refractivity contribution in [1.82, 2.24) is 0 Å². The fourth-order valence-corrected chi connectivity index (χ4v) is 0.811. The van der Waals surface area contributed by atoms with Crippen molar-refractivity contribution >= 4 is 23.8 Å². The zero-order valence-electron chi connectivity index (χ0n) is 6.57. The van der Waals surface area contributed by atoms with Gasteiger partial charge in [0.05, 0.1) is 0 Å². The third-order valence-electron chi connectivity index (χ3n) is 1.29. The van der Waals surface area contributed by atoms with Crippen LogP contribution in [0.4, 0.5) is 11.4 Å². The van der Waals surface area contributed by atoms with Crippen LogP contribution in [0.2, 0.25) is 0 Å². The van der Waals surface area contributed by atoms with Gasteiger partial charge >= 0.3 is 0 Å². The van der Waals surface area contributed by atoms with E-state index in [0.717, 1.165) is 11.9 Å². The van der Waals surface area contributed by atoms with Crippen LogP contribution in [0.1, 0.15) is 0 Å². The van der Waals surface area contributed by atoms with Gasteiger partial charge in [-0.2, -0.15) is 5.43 Å². The minimum Gasteiger partial charge on any atom is -0.399 e. The number of quaternary nitrogens is 1. The topological polar surface area (TPSA) is 78.8 Å². The Morgan fingerprint density at radius 1 is 1.50 bits per heavy atom. The normalized spacial score (nSPS) is 10.3. The van der Waals surface area contributed by atoms with Crippen molar-refractivity contribution in [3.8, 4) is 0 Å². The fourth-order valence-electron chi connectivity index (χ4n) is 0.811. The van der Waals surface area contributed by atoms with Crippen LogP contribution in [0.25, 0.3) is 0 Å². The molecule has 0 heterocycles. The van der Waals surface area contributed by atoms with Crippen LogP contribution in [0, 0.1) is 5.41 Å². The first-order chi connectivity index (χ1) is 5.83. The van der Waals surface area contributed by atoms with Crippen molar-refractivity contribution < 1.29 is 5.43 Å². The summed E-state index contributed by atoms with van der Waals surface area (Å²) in [5.74, 6) is 0. The molecule has 1 aromatic carbocycles. The van der Waals surface area contributed by atoms with E-state index in [-0.39, 0.29) is 0 Å². The van der Waals surface area contributed by atoms with E-state index in [1.165, 1.54) is 6.21 Å². The number of hydrogen-bond acceptors (Lipinski definition) is 3. The summed E-state index contributed by atoms with van der Waals surface area (Å²) < 4.78 is 0. The molecule has 0 saturated carbocycles. The lowest BCUT2D eigenvalue weighted by Crippen LogP contribution is -2.71. The SMILES string of the molecule is N=CC=N[NH2+]c1cccc(N)c1. The lowest BCUT2D eigenvalue weighted by atomic mass is 10.3. The number of hydrogen-bond donors (Lipinski definition) is 3. The number of anilines is 1. The molecule has 0 unspecified atom stereocenters. The molecule has 0 saturated heterocycles. The molecule has 62 valence electrons. The summed E-state index contributed by atoms with van der Waals surface area (Å²) in [5.41, 5.74) is 8.85. The van der Waals surface area contributed by atoms with Crippen molar-refractivity contribution in [3.63, 3.8) is 0 Å². The van der Waals surface area contributed by atoms with Gasteiger partial charge in [0.15, 0.2) is 5.69 Å². The Bertz CT molecular complexity index is 293. The highest BCUT2D eigenvalue weighted by atomic mass is 15.3. The van der Waals surface area contributed by atoms with Crippen LogP contribution in [-0.4, -0.2) is 12.4 Å². The van der Waals surface area contributed by atoms with E-state index in [1.54, 1.807) is 5.43 Å². The molecular formula is C8H11N4+. The maximum atomic E-state index is 6.69. The van der Waals surface area contributed by atoms with Gasteiger partial charge in [-0.25, -0.2) is 0 Å². The molecule has 0 aliphatic rings. The summed E-state index contributed by atoms with van der Waals surface area (Å²) in [4.78, 5) is 0. The predicted molar refractivity (Wildman–Crippen MR) is 49.7 cm³/mol. The standard InChI is InChI=1S/C8H10N4/c9-4-5-11-12-8-3-1-2-7(10)6-8/h1-6,9,12H,10H2/p+1. The molecule has 0 aliphatic carbocycles. The number of rotatable bonds is 3. The largest absolute Gasteiger partial charge is 0.399 e. The first-order valence-corrected chi connectivity index (χ1v) is 3.54. The van der Waals surface area contributed by atoms with Crippen LogP contribution in [-0.2, 0) is 0 Å². The molecule has 0 atom stereocenters. The van der Waals surface area contributed by atoms with Gasteiger partial charge < -0.3 is 11.1 Å². The van der Waals surface area contributed by atoms with Crippen LogP contribution < -0.4 is 11.2 Å². The third kappa shape index (κ3) is 2.51. The molecule has 1 aromatic rings. The van der Waals surface area contributed by atoms with Crippen LogP contribution in [0.3, 0.4) is 0 Å². The van der Waals surface area contributed by atoms with Crippen LogP contribution >= 0.6 is 0 Å². The second kappa shape index (κ2) is 4.25. The van der Waals surface area contributed by atoms with E-state index in [1.807, 2.05) is 24.3 Å². The van der Waals surface area contributed by atoms with E-state index in [4.69, 9.17) is 11.1 Å². The third-order valence-corrected chi connectivity index (χ3v) is 1.29. The maximum Gasteiger partial charge on any atom is 0.157 e. The molecule has 0 fully saturated rings. The van der Waals surface area contributed by atoms with Gasteiger partial charge in [-0.15, -0.1) is 0 Å². The number of nitrogens with zero attached hydrogens (tertiary/aromatic N) is 1. The molecule has 0 aromatic heterocycles. The highest BCUT2D eigenvalue weighted by Crippen LogP contribution is 2.05.